The lowest BCUT2D eigenvalue weighted by Gasteiger charge is -2.08. The number of rotatable bonds is 4. The van der Waals surface area contributed by atoms with Gasteiger partial charge in [-0.15, -0.1) is 11.3 Å². The number of aliphatic imine (C=N–C) groups is 1. The minimum absolute atomic E-state index is 0.0392. The smallest absolute Gasteiger partial charge is 0.166 e. The summed E-state index contributed by atoms with van der Waals surface area (Å²) >= 11 is 4.85. The molecule has 0 aliphatic rings. The Kier molecular flexibility index (Phi) is 5.22. The fraction of sp³-hybridized carbons (Fsp3) is 0.250. The highest BCUT2D eigenvalue weighted by molar-refractivity contribution is 9.10. The third kappa shape index (κ3) is 3.32. The second-order valence-electron chi connectivity index (χ2n) is 4.61. The van der Waals surface area contributed by atoms with Crippen molar-refractivity contribution in [2.24, 2.45) is 4.99 Å². The van der Waals surface area contributed by atoms with Gasteiger partial charge in [0.15, 0.2) is 11.5 Å². The zero-order valence-corrected chi connectivity index (χ0v) is 14.9. The Morgan fingerprint density at radius 2 is 2.18 bits per heavy atom. The number of ether oxygens (including phenoxy) is 1. The number of phenols is 1. The second kappa shape index (κ2) is 6.95. The van der Waals surface area contributed by atoms with Crippen LogP contribution in [-0.2, 0) is 0 Å². The first-order valence-corrected chi connectivity index (χ1v) is 8.28. The van der Waals surface area contributed by atoms with Crippen LogP contribution in [0.3, 0.4) is 0 Å². The number of hydrogen-bond donors (Lipinski definition) is 1. The standard InChI is InChI=1S/C16H15BrN2O2S/c1-4-21-14-6-12(17)5-11(15(14)20)8-19-16-13(7-18)9(2)10(3)22-16/h5-6,8,20H,4H2,1-3H3/b19-8+. The summed E-state index contributed by atoms with van der Waals surface area (Å²) in [6.07, 6.45) is 1.55. The van der Waals surface area contributed by atoms with Gasteiger partial charge >= 0.3 is 0 Å². The van der Waals surface area contributed by atoms with Crippen molar-refractivity contribution in [3.05, 3.63) is 38.2 Å². The van der Waals surface area contributed by atoms with Gasteiger partial charge in [0.05, 0.1) is 12.2 Å². The molecule has 0 aliphatic heterocycles. The van der Waals surface area contributed by atoms with E-state index in [1.54, 1.807) is 18.3 Å². The molecule has 1 aromatic heterocycles. The van der Waals surface area contributed by atoms with E-state index in [0.29, 0.717) is 28.5 Å². The molecule has 1 aromatic carbocycles. The lowest BCUT2D eigenvalue weighted by atomic mass is 10.2. The molecule has 0 saturated carbocycles. The maximum Gasteiger partial charge on any atom is 0.166 e. The van der Waals surface area contributed by atoms with Crippen LogP contribution in [0.1, 0.15) is 28.5 Å². The molecular formula is C16H15BrN2O2S. The normalized spacial score (nSPS) is 10.9. The van der Waals surface area contributed by atoms with Gasteiger partial charge in [0.1, 0.15) is 11.1 Å². The number of aryl methyl sites for hydroxylation is 1. The largest absolute Gasteiger partial charge is 0.504 e. The van der Waals surface area contributed by atoms with Crippen LogP contribution in [0.2, 0.25) is 0 Å². The Labute approximate surface area is 141 Å². The van der Waals surface area contributed by atoms with Crippen LogP contribution in [0, 0.1) is 25.2 Å². The molecule has 0 aliphatic carbocycles. The summed E-state index contributed by atoms with van der Waals surface area (Å²) in [6.45, 7) is 6.18. The quantitative estimate of drug-likeness (QED) is 0.772. The van der Waals surface area contributed by atoms with Crippen LogP contribution in [-0.4, -0.2) is 17.9 Å². The van der Waals surface area contributed by atoms with E-state index < -0.39 is 0 Å². The Balaban J connectivity index is 2.43. The number of nitrogens with zero attached hydrogens (tertiary/aromatic N) is 2. The molecule has 1 heterocycles. The van der Waals surface area contributed by atoms with Gasteiger partial charge in [-0.3, -0.25) is 0 Å². The van der Waals surface area contributed by atoms with Gasteiger partial charge in [-0.25, -0.2) is 4.99 Å². The molecule has 0 amide bonds. The molecule has 22 heavy (non-hydrogen) atoms. The summed E-state index contributed by atoms with van der Waals surface area (Å²) in [7, 11) is 0. The van der Waals surface area contributed by atoms with Crippen LogP contribution in [0.25, 0.3) is 0 Å². The highest BCUT2D eigenvalue weighted by Crippen LogP contribution is 2.36. The zero-order valence-electron chi connectivity index (χ0n) is 12.5. The molecule has 2 aromatic rings. The minimum atomic E-state index is 0.0392. The number of hydrogen-bond acceptors (Lipinski definition) is 5. The molecule has 0 spiro atoms. The van der Waals surface area contributed by atoms with Crippen LogP contribution in [0.4, 0.5) is 5.00 Å². The molecule has 2 rings (SSSR count). The molecular weight excluding hydrogens is 364 g/mol. The summed E-state index contributed by atoms with van der Waals surface area (Å²) in [5, 5.41) is 20.1. The predicted octanol–water partition coefficient (Wildman–Crippen LogP) is 4.85. The van der Waals surface area contributed by atoms with Crippen molar-refractivity contribution < 1.29 is 9.84 Å². The van der Waals surface area contributed by atoms with Crippen molar-refractivity contribution in [1.82, 2.24) is 0 Å². The number of aromatic hydroxyl groups is 1. The molecule has 0 radical (unpaired) electrons. The highest BCUT2D eigenvalue weighted by Gasteiger charge is 2.12. The summed E-state index contributed by atoms with van der Waals surface area (Å²) < 4.78 is 6.17. The number of halogens is 1. The Morgan fingerprint density at radius 3 is 2.82 bits per heavy atom. The first kappa shape index (κ1) is 16.5. The molecule has 1 N–H and O–H groups in total. The zero-order chi connectivity index (χ0) is 16.3. The van der Waals surface area contributed by atoms with Gasteiger partial charge in [-0.1, -0.05) is 15.9 Å². The Hall–Kier alpha value is -1.84. The van der Waals surface area contributed by atoms with Crippen molar-refractivity contribution in [3.8, 4) is 17.6 Å². The minimum Gasteiger partial charge on any atom is -0.504 e. The average molecular weight is 379 g/mol. The van der Waals surface area contributed by atoms with Gasteiger partial charge in [0, 0.05) is 21.1 Å². The van der Waals surface area contributed by atoms with E-state index in [2.05, 4.69) is 27.0 Å². The lowest BCUT2D eigenvalue weighted by molar-refractivity contribution is 0.317. The average Bonchev–Trinajstić information content (AvgIpc) is 2.75. The van der Waals surface area contributed by atoms with Gasteiger partial charge in [-0.05, 0) is 38.5 Å². The van der Waals surface area contributed by atoms with Gasteiger partial charge in [0.2, 0.25) is 0 Å². The van der Waals surface area contributed by atoms with E-state index in [0.717, 1.165) is 14.9 Å². The van der Waals surface area contributed by atoms with Crippen LogP contribution in [0.5, 0.6) is 11.5 Å². The van der Waals surface area contributed by atoms with Crippen molar-refractivity contribution in [1.29, 1.82) is 5.26 Å². The fourth-order valence-corrected chi connectivity index (χ4v) is 3.32. The van der Waals surface area contributed by atoms with Crippen molar-refractivity contribution in [2.45, 2.75) is 20.8 Å². The molecule has 0 bridgehead atoms. The van der Waals surface area contributed by atoms with Gasteiger partial charge in [0.25, 0.3) is 0 Å². The number of phenolic OH excluding ortho intramolecular Hbond substituents is 1. The number of nitriles is 1. The van der Waals surface area contributed by atoms with Crippen molar-refractivity contribution in [2.75, 3.05) is 6.61 Å². The van der Waals surface area contributed by atoms with Crippen LogP contribution in [0.15, 0.2) is 21.6 Å². The van der Waals surface area contributed by atoms with Crippen LogP contribution < -0.4 is 4.74 Å². The molecule has 0 fully saturated rings. The maximum absolute atomic E-state index is 10.2. The van der Waals surface area contributed by atoms with E-state index in [1.807, 2.05) is 20.8 Å². The van der Waals surface area contributed by atoms with E-state index in [-0.39, 0.29) is 5.75 Å². The van der Waals surface area contributed by atoms with E-state index in [4.69, 9.17) is 4.74 Å². The number of thiophene rings is 1. The topological polar surface area (TPSA) is 65.6 Å². The molecule has 0 unspecified atom stereocenters. The molecule has 0 saturated heterocycles. The Morgan fingerprint density at radius 1 is 1.45 bits per heavy atom. The predicted molar refractivity (Wildman–Crippen MR) is 92.7 cm³/mol. The molecule has 114 valence electrons. The van der Waals surface area contributed by atoms with Crippen molar-refractivity contribution in [3.63, 3.8) is 0 Å². The van der Waals surface area contributed by atoms with Crippen molar-refractivity contribution >= 4 is 38.5 Å². The maximum atomic E-state index is 10.2. The first-order chi connectivity index (χ1) is 10.5. The first-order valence-electron chi connectivity index (χ1n) is 6.67. The fourth-order valence-electron chi connectivity index (χ4n) is 1.92. The molecule has 4 nitrogen and oxygen atoms in total. The molecule has 6 heteroatoms. The van der Waals surface area contributed by atoms with E-state index in [9.17, 15) is 10.4 Å². The molecule has 0 atom stereocenters. The summed E-state index contributed by atoms with van der Waals surface area (Å²) in [5.74, 6) is 0.440. The Bertz CT molecular complexity index is 775. The highest BCUT2D eigenvalue weighted by atomic mass is 79.9. The second-order valence-corrected chi connectivity index (χ2v) is 6.73. The van der Waals surface area contributed by atoms with E-state index in [1.165, 1.54) is 11.3 Å². The summed E-state index contributed by atoms with van der Waals surface area (Å²) in [5.41, 5.74) is 2.07. The number of benzene rings is 1. The third-order valence-electron chi connectivity index (χ3n) is 3.17. The van der Waals surface area contributed by atoms with E-state index >= 15 is 0 Å². The third-order valence-corrected chi connectivity index (χ3v) is 4.74. The summed E-state index contributed by atoms with van der Waals surface area (Å²) in [6, 6.07) is 5.63. The lowest BCUT2D eigenvalue weighted by Crippen LogP contribution is -1.94. The van der Waals surface area contributed by atoms with Crippen LogP contribution >= 0.6 is 27.3 Å². The SMILES string of the molecule is CCOc1cc(Br)cc(/C=N/c2sc(C)c(C)c2C#N)c1O. The van der Waals surface area contributed by atoms with Gasteiger partial charge in [-0.2, -0.15) is 5.26 Å². The summed E-state index contributed by atoms with van der Waals surface area (Å²) in [4.78, 5) is 5.43. The monoisotopic (exact) mass is 378 g/mol. The van der Waals surface area contributed by atoms with Gasteiger partial charge < -0.3 is 9.84 Å².